The van der Waals surface area contributed by atoms with Gasteiger partial charge in [0.2, 0.25) is 6.41 Å². The van der Waals surface area contributed by atoms with Crippen molar-refractivity contribution in [3.63, 3.8) is 0 Å². The smallest absolute Gasteiger partial charge is 0.209 e. The quantitative estimate of drug-likeness (QED) is 0.544. The first-order valence-electron chi connectivity index (χ1n) is 5.65. The Morgan fingerprint density at radius 3 is 2.41 bits per heavy atom. The molecule has 1 amide bonds. The lowest BCUT2D eigenvalue weighted by Crippen LogP contribution is -2.43. The van der Waals surface area contributed by atoms with Crippen LogP contribution in [0.4, 0.5) is 4.39 Å². The van der Waals surface area contributed by atoms with Crippen LogP contribution in [0.3, 0.4) is 0 Å². The number of benzene rings is 1. The Bertz CT molecular complexity index is 362. The van der Waals surface area contributed by atoms with Crippen molar-refractivity contribution in [1.82, 2.24) is 4.90 Å². The molecule has 1 aromatic carbocycles. The highest BCUT2D eigenvalue weighted by molar-refractivity contribution is 5.46. The van der Waals surface area contributed by atoms with E-state index in [0.717, 1.165) is 36.1 Å². The monoisotopic (exact) mass is 239 g/mol. The molecule has 0 unspecified atom stereocenters. The van der Waals surface area contributed by atoms with Crippen LogP contribution in [0, 0.1) is 5.82 Å². The first-order valence-corrected chi connectivity index (χ1v) is 5.65. The Labute approximate surface area is 102 Å². The number of amides is 1. The zero-order valence-electron chi connectivity index (χ0n) is 10.7. The maximum absolute atomic E-state index is 12.8. The molecule has 0 aromatic heterocycles. The second kappa shape index (κ2) is 5.77. The summed E-state index contributed by atoms with van der Waals surface area (Å²) in [5.74, 6) is -0.209. The minimum absolute atomic E-state index is 0.209. The van der Waals surface area contributed by atoms with Gasteiger partial charge in [0.05, 0.1) is 27.2 Å². The van der Waals surface area contributed by atoms with Crippen LogP contribution < -0.4 is 0 Å². The van der Waals surface area contributed by atoms with Crippen molar-refractivity contribution in [3.8, 4) is 0 Å². The largest absolute Gasteiger partial charge is 0.343 e. The third-order valence-corrected chi connectivity index (χ3v) is 2.76. The Morgan fingerprint density at radius 2 is 1.88 bits per heavy atom. The maximum Gasteiger partial charge on any atom is 0.209 e. The molecule has 94 valence electrons. The molecule has 17 heavy (non-hydrogen) atoms. The molecule has 3 nitrogen and oxygen atoms in total. The van der Waals surface area contributed by atoms with Crippen molar-refractivity contribution in [2.24, 2.45) is 0 Å². The summed E-state index contributed by atoms with van der Waals surface area (Å²) in [6.07, 6.45) is 0.831. The molecule has 0 aliphatic carbocycles. The van der Waals surface area contributed by atoms with Crippen molar-refractivity contribution in [2.75, 3.05) is 34.2 Å². The van der Waals surface area contributed by atoms with E-state index in [2.05, 4.69) is 14.1 Å². The molecule has 0 bridgehead atoms. The van der Waals surface area contributed by atoms with E-state index in [1.165, 1.54) is 12.1 Å². The number of carbonyl (C=O) groups excluding carboxylic acids is 1. The summed E-state index contributed by atoms with van der Waals surface area (Å²) in [6.45, 7) is 2.41. The molecule has 0 aliphatic rings. The minimum Gasteiger partial charge on any atom is -0.343 e. The van der Waals surface area contributed by atoms with Crippen molar-refractivity contribution in [1.29, 1.82) is 0 Å². The second-order valence-electron chi connectivity index (χ2n) is 5.03. The van der Waals surface area contributed by atoms with Gasteiger partial charge >= 0.3 is 0 Å². The number of rotatable bonds is 6. The molecule has 0 radical (unpaired) electrons. The summed E-state index contributed by atoms with van der Waals surface area (Å²) < 4.78 is 13.5. The number of hydrogen-bond donors (Lipinski definition) is 0. The van der Waals surface area contributed by atoms with Gasteiger partial charge < -0.3 is 9.38 Å². The highest BCUT2D eigenvalue weighted by Crippen LogP contribution is 2.10. The second-order valence-corrected chi connectivity index (χ2v) is 5.03. The maximum atomic E-state index is 12.8. The minimum atomic E-state index is -0.209. The van der Waals surface area contributed by atoms with Crippen LogP contribution in [0.15, 0.2) is 24.3 Å². The van der Waals surface area contributed by atoms with Gasteiger partial charge in [0.15, 0.2) is 0 Å². The molecule has 0 saturated carbocycles. The van der Waals surface area contributed by atoms with Gasteiger partial charge in [0.25, 0.3) is 0 Å². The Morgan fingerprint density at radius 1 is 1.29 bits per heavy atom. The summed E-state index contributed by atoms with van der Waals surface area (Å²) in [5, 5.41) is 0. The van der Waals surface area contributed by atoms with Crippen LogP contribution in [-0.2, 0) is 11.3 Å². The van der Waals surface area contributed by atoms with E-state index in [1.807, 2.05) is 0 Å². The molecule has 0 atom stereocenters. The number of quaternary nitrogens is 1. The molecular formula is C13H20FN2O+. The Kier molecular flexibility index (Phi) is 4.63. The fourth-order valence-electron chi connectivity index (χ4n) is 1.64. The Hall–Kier alpha value is -1.42. The molecule has 0 fully saturated rings. The molecule has 0 N–H and O–H groups in total. The third-order valence-electron chi connectivity index (χ3n) is 2.76. The summed E-state index contributed by atoms with van der Waals surface area (Å²) in [7, 11) is 5.97. The molecule has 4 heteroatoms. The van der Waals surface area contributed by atoms with E-state index >= 15 is 0 Å². The average molecular weight is 239 g/mol. The van der Waals surface area contributed by atoms with Crippen molar-refractivity contribution < 1.29 is 13.7 Å². The lowest BCUT2D eigenvalue weighted by atomic mass is 10.2. The van der Waals surface area contributed by atoms with E-state index in [4.69, 9.17) is 0 Å². The van der Waals surface area contributed by atoms with Gasteiger partial charge in [-0.2, -0.15) is 0 Å². The molecular weight excluding hydrogens is 219 g/mol. The van der Waals surface area contributed by atoms with Crippen LogP contribution in [0.1, 0.15) is 5.56 Å². The predicted octanol–water partition coefficient (Wildman–Crippen LogP) is 1.49. The van der Waals surface area contributed by atoms with Crippen LogP contribution in [0.2, 0.25) is 0 Å². The standard InChI is InChI=1S/C13H20FN2O/c1-15(11-17)8-9-16(2,3)10-12-4-6-13(14)7-5-12/h4-7,11H,8-10H2,1-3H3/q+1. The normalized spacial score (nSPS) is 11.3. The van der Waals surface area contributed by atoms with Crippen molar-refractivity contribution in [2.45, 2.75) is 6.54 Å². The summed E-state index contributed by atoms with van der Waals surface area (Å²) in [5.41, 5.74) is 1.10. The lowest BCUT2D eigenvalue weighted by Gasteiger charge is -2.31. The van der Waals surface area contributed by atoms with Crippen LogP contribution in [0.5, 0.6) is 0 Å². The highest BCUT2D eigenvalue weighted by atomic mass is 19.1. The van der Waals surface area contributed by atoms with Gasteiger partial charge in [0.1, 0.15) is 12.4 Å². The number of nitrogens with zero attached hydrogens (tertiary/aromatic N) is 2. The molecule has 1 rings (SSSR count). The van der Waals surface area contributed by atoms with E-state index in [0.29, 0.717) is 0 Å². The van der Waals surface area contributed by atoms with Gasteiger partial charge in [-0.1, -0.05) is 12.1 Å². The van der Waals surface area contributed by atoms with Gasteiger partial charge in [-0.25, -0.2) is 4.39 Å². The van der Waals surface area contributed by atoms with E-state index in [-0.39, 0.29) is 5.82 Å². The van der Waals surface area contributed by atoms with Crippen molar-refractivity contribution in [3.05, 3.63) is 35.6 Å². The van der Waals surface area contributed by atoms with E-state index in [9.17, 15) is 9.18 Å². The highest BCUT2D eigenvalue weighted by Gasteiger charge is 2.16. The fourth-order valence-corrected chi connectivity index (χ4v) is 1.64. The van der Waals surface area contributed by atoms with E-state index < -0.39 is 0 Å². The van der Waals surface area contributed by atoms with Gasteiger partial charge in [0, 0.05) is 12.6 Å². The number of likely N-dealkylation sites (N-methyl/N-ethyl adjacent to an activating group) is 2. The fraction of sp³-hybridized carbons (Fsp3) is 0.462. The van der Waals surface area contributed by atoms with E-state index in [1.54, 1.807) is 24.1 Å². The number of carbonyl (C=O) groups is 1. The Balaban J connectivity index is 2.53. The SMILES string of the molecule is CN(C=O)CC[N+](C)(C)Cc1ccc(F)cc1. The predicted molar refractivity (Wildman–Crippen MR) is 65.8 cm³/mol. The van der Waals surface area contributed by atoms with Gasteiger partial charge in [-0.15, -0.1) is 0 Å². The first kappa shape index (κ1) is 13.6. The van der Waals surface area contributed by atoms with Crippen molar-refractivity contribution >= 4 is 6.41 Å². The average Bonchev–Trinajstić information content (AvgIpc) is 2.29. The lowest BCUT2D eigenvalue weighted by molar-refractivity contribution is -0.903. The summed E-state index contributed by atoms with van der Waals surface area (Å²) in [4.78, 5) is 12.1. The van der Waals surface area contributed by atoms with Crippen LogP contribution in [0.25, 0.3) is 0 Å². The summed E-state index contributed by atoms with van der Waals surface area (Å²) >= 11 is 0. The number of halogens is 1. The first-order chi connectivity index (χ1) is 7.93. The molecule has 0 saturated heterocycles. The molecule has 0 aliphatic heterocycles. The van der Waals surface area contributed by atoms with Gasteiger partial charge in [-0.05, 0) is 12.1 Å². The molecule has 0 heterocycles. The van der Waals surface area contributed by atoms with Crippen LogP contribution >= 0.6 is 0 Å². The molecule has 0 spiro atoms. The summed E-state index contributed by atoms with van der Waals surface area (Å²) in [6, 6.07) is 6.57. The topological polar surface area (TPSA) is 20.3 Å². The van der Waals surface area contributed by atoms with Gasteiger partial charge in [-0.3, -0.25) is 4.79 Å². The zero-order chi connectivity index (χ0) is 12.9. The third kappa shape index (κ3) is 4.95. The van der Waals surface area contributed by atoms with Crippen LogP contribution in [-0.4, -0.2) is 50.0 Å². The zero-order valence-corrected chi connectivity index (χ0v) is 10.7. The molecule has 1 aromatic rings. The number of hydrogen-bond acceptors (Lipinski definition) is 1.